The van der Waals surface area contributed by atoms with Crippen LogP contribution in [0.1, 0.15) is 29.9 Å². The summed E-state index contributed by atoms with van der Waals surface area (Å²) in [6.45, 7) is 0. The van der Waals surface area contributed by atoms with Gasteiger partial charge in [-0.25, -0.2) is 17.2 Å². The van der Waals surface area contributed by atoms with E-state index in [9.17, 15) is 22.0 Å². The summed E-state index contributed by atoms with van der Waals surface area (Å²) < 4.78 is 51.9. The average molecular weight is 708 g/mol. The molecule has 36 heavy (non-hydrogen) atoms. The number of benzene rings is 3. The van der Waals surface area contributed by atoms with E-state index in [0.717, 1.165) is 39.6 Å². The second-order valence-electron chi connectivity index (χ2n) is 7.37. The summed E-state index contributed by atoms with van der Waals surface area (Å²) in [5.41, 5.74) is 0.985. The second kappa shape index (κ2) is 14.1. The number of halogens is 7. The van der Waals surface area contributed by atoms with Crippen LogP contribution in [0.3, 0.4) is 0 Å². The molecule has 1 aliphatic rings. The molecule has 0 N–H and O–H groups in total. The molecule has 0 amide bonds. The van der Waals surface area contributed by atoms with Crippen LogP contribution in [0.2, 0.25) is 10.0 Å². The van der Waals surface area contributed by atoms with Crippen molar-refractivity contribution in [3.8, 4) is 0 Å². The second-order valence-corrected chi connectivity index (χ2v) is 12.5. The number of alkyl halides is 2. The van der Waals surface area contributed by atoms with Crippen molar-refractivity contribution in [2.75, 3.05) is 7.11 Å². The van der Waals surface area contributed by atoms with E-state index in [1.165, 1.54) is 12.7 Å². The van der Waals surface area contributed by atoms with Gasteiger partial charge in [0.15, 0.2) is 0 Å². The van der Waals surface area contributed by atoms with Gasteiger partial charge in [0, 0.05) is 20.7 Å². The summed E-state index contributed by atoms with van der Waals surface area (Å²) in [7, 11) is 2.60. The first-order valence-corrected chi connectivity index (χ1v) is 14.8. The SMILES string of the molecule is COC(=O)C1CC1c1cccc(Br)c1.Clc1cccc(Cl)c1Br.O=S(=O)(Cl)c1ccc(C(F)F)cc1. The molecular weight excluding hydrogens is 688 g/mol. The Morgan fingerprint density at radius 3 is 2.00 bits per heavy atom. The van der Waals surface area contributed by atoms with E-state index in [2.05, 4.69) is 44.0 Å². The topological polar surface area (TPSA) is 60.4 Å². The number of rotatable bonds is 4. The quantitative estimate of drug-likeness (QED) is 0.154. The number of methoxy groups -OCH3 is 1. The normalized spacial score (nSPS) is 16.2. The average Bonchev–Trinajstić information content (AvgIpc) is 3.63. The van der Waals surface area contributed by atoms with E-state index < -0.39 is 15.5 Å². The Bertz CT molecular complexity index is 1270. The monoisotopic (exact) mass is 704 g/mol. The molecule has 194 valence electrons. The third-order valence-electron chi connectivity index (χ3n) is 4.89. The van der Waals surface area contributed by atoms with Crippen LogP contribution in [-0.4, -0.2) is 21.5 Å². The Hall–Kier alpha value is -1.23. The largest absolute Gasteiger partial charge is 0.469 e. The number of hydrogen-bond donors (Lipinski definition) is 0. The van der Waals surface area contributed by atoms with Gasteiger partial charge in [0.25, 0.3) is 15.5 Å². The van der Waals surface area contributed by atoms with Gasteiger partial charge < -0.3 is 4.74 Å². The van der Waals surface area contributed by atoms with Crippen LogP contribution >= 0.6 is 65.7 Å². The van der Waals surface area contributed by atoms with Crippen LogP contribution in [0.4, 0.5) is 8.78 Å². The lowest BCUT2D eigenvalue weighted by Crippen LogP contribution is -2.03. The standard InChI is InChI=1S/C11H11BrO2.C7H5ClF2O2S.C6H3BrCl2/c1-14-11(13)10-6-9(10)7-3-2-4-8(12)5-7;8-13(11,12)6-3-1-5(2-4-6)7(9)10;7-6-4(8)2-1-3-5(6)9/h2-5,9-10H,6H2,1H3;1-4,7H;1-3H. The third kappa shape index (κ3) is 9.58. The minimum absolute atomic E-state index is 0.0781. The Labute approximate surface area is 239 Å². The summed E-state index contributed by atoms with van der Waals surface area (Å²) in [6.07, 6.45) is -1.68. The van der Waals surface area contributed by atoms with Crippen LogP contribution in [0.15, 0.2) is 80.6 Å². The van der Waals surface area contributed by atoms with Gasteiger partial charge in [-0.3, -0.25) is 4.79 Å². The fraction of sp³-hybridized carbons (Fsp3) is 0.208. The van der Waals surface area contributed by atoms with Gasteiger partial charge in [0.1, 0.15) is 0 Å². The molecule has 2 atom stereocenters. The molecule has 2 unspecified atom stereocenters. The molecule has 3 aromatic rings. The van der Waals surface area contributed by atoms with Crippen LogP contribution < -0.4 is 0 Å². The zero-order valence-corrected chi connectivity index (χ0v) is 24.7. The molecule has 1 fully saturated rings. The highest BCUT2D eigenvalue weighted by Gasteiger charge is 2.44. The smallest absolute Gasteiger partial charge is 0.309 e. The Kier molecular flexibility index (Phi) is 12.1. The zero-order valence-electron chi connectivity index (χ0n) is 18.5. The summed E-state index contributed by atoms with van der Waals surface area (Å²) in [4.78, 5) is 11.0. The van der Waals surface area contributed by atoms with Crippen molar-refractivity contribution in [2.45, 2.75) is 23.7 Å². The Morgan fingerprint density at radius 2 is 1.56 bits per heavy atom. The van der Waals surface area contributed by atoms with Crippen molar-refractivity contribution in [2.24, 2.45) is 5.92 Å². The van der Waals surface area contributed by atoms with Gasteiger partial charge >= 0.3 is 5.97 Å². The first-order chi connectivity index (χ1) is 16.8. The van der Waals surface area contributed by atoms with E-state index >= 15 is 0 Å². The minimum atomic E-state index is -3.82. The molecule has 1 aliphatic carbocycles. The van der Waals surface area contributed by atoms with Gasteiger partial charge in [-0.05, 0) is 70.2 Å². The zero-order chi connectivity index (χ0) is 27.0. The Morgan fingerprint density at radius 1 is 1.00 bits per heavy atom. The Balaban J connectivity index is 0.000000195. The van der Waals surface area contributed by atoms with Crippen LogP contribution in [-0.2, 0) is 18.6 Å². The highest BCUT2D eigenvalue weighted by atomic mass is 79.9. The van der Waals surface area contributed by atoms with Crippen LogP contribution in [0.5, 0.6) is 0 Å². The number of ether oxygens (including phenoxy) is 1. The van der Waals surface area contributed by atoms with Crippen molar-refractivity contribution in [3.05, 3.63) is 96.8 Å². The predicted molar refractivity (Wildman–Crippen MR) is 146 cm³/mol. The molecule has 0 heterocycles. The summed E-state index contributed by atoms with van der Waals surface area (Å²) in [5.74, 6) is 0.351. The molecule has 0 radical (unpaired) electrons. The van der Waals surface area contributed by atoms with Crippen molar-refractivity contribution >= 4 is 80.8 Å². The van der Waals surface area contributed by atoms with Gasteiger partial charge in [-0.1, -0.05) is 69.5 Å². The number of carbonyl (C=O) groups excluding carboxylic acids is 1. The first kappa shape index (κ1) is 31.0. The van der Waals surface area contributed by atoms with Crippen molar-refractivity contribution in [1.82, 2.24) is 0 Å². The fourth-order valence-corrected chi connectivity index (χ4v) is 4.81. The molecule has 4 rings (SSSR count). The maximum absolute atomic E-state index is 12.0. The van der Waals surface area contributed by atoms with Gasteiger partial charge in [0.05, 0.1) is 32.4 Å². The molecule has 12 heteroatoms. The van der Waals surface area contributed by atoms with Crippen LogP contribution in [0, 0.1) is 5.92 Å². The number of esters is 1. The van der Waals surface area contributed by atoms with E-state index in [0.29, 0.717) is 16.0 Å². The lowest BCUT2D eigenvalue weighted by molar-refractivity contribution is -0.142. The summed E-state index contributed by atoms with van der Waals surface area (Å²) in [5, 5.41) is 1.28. The van der Waals surface area contributed by atoms with E-state index in [1.54, 1.807) is 18.2 Å². The van der Waals surface area contributed by atoms with Gasteiger partial charge in [-0.15, -0.1) is 0 Å². The van der Waals surface area contributed by atoms with E-state index in [4.69, 9.17) is 38.6 Å². The third-order valence-corrected chi connectivity index (χ3v) is 8.69. The maximum atomic E-state index is 12.0. The maximum Gasteiger partial charge on any atom is 0.309 e. The molecule has 0 bridgehead atoms. The van der Waals surface area contributed by atoms with Gasteiger partial charge in [-0.2, -0.15) is 0 Å². The molecule has 0 saturated heterocycles. The van der Waals surface area contributed by atoms with Crippen molar-refractivity contribution < 1.29 is 26.7 Å². The number of carbonyl (C=O) groups is 1. The van der Waals surface area contributed by atoms with Gasteiger partial charge in [0.2, 0.25) is 0 Å². The molecule has 4 nitrogen and oxygen atoms in total. The first-order valence-electron chi connectivity index (χ1n) is 10.1. The molecule has 3 aromatic carbocycles. The van der Waals surface area contributed by atoms with Crippen molar-refractivity contribution in [1.29, 1.82) is 0 Å². The van der Waals surface area contributed by atoms with E-state index in [1.807, 2.05) is 12.1 Å². The lowest BCUT2D eigenvalue weighted by Gasteiger charge is -2.00. The molecule has 0 aliphatic heterocycles. The minimum Gasteiger partial charge on any atom is -0.469 e. The van der Waals surface area contributed by atoms with E-state index in [-0.39, 0.29) is 22.3 Å². The van der Waals surface area contributed by atoms with Crippen molar-refractivity contribution in [3.63, 3.8) is 0 Å². The molecular formula is C24H19Br2Cl3F2O4S. The summed E-state index contributed by atoms with van der Waals surface area (Å²) in [6, 6.07) is 17.6. The summed E-state index contributed by atoms with van der Waals surface area (Å²) >= 11 is 18.0. The fourth-order valence-electron chi connectivity index (χ4n) is 2.97. The molecule has 0 spiro atoms. The highest BCUT2D eigenvalue weighted by molar-refractivity contribution is 9.10. The predicted octanol–water partition coefficient (Wildman–Crippen LogP) is 9.03. The number of hydrogen-bond acceptors (Lipinski definition) is 4. The highest BCUT2D eigenvalue weighted by Crippen LogP contribution is 2.48. The molecule has 1 saturated carbocycles. The lowest BCUT2D eigenvalue weighted by atomic mass is 10.1. The van der Waals surface area contributed by atoms with Crippen LogP contribution in [0.25, 0.3) is 0 Å². The molecule has 0 aromatic heterocycles.